The number of rotatable bonds is 4. The van der Waals surface area contributed by atoms with Crippen LogP contribution < -0.4 is 5.32 Å². The maximum atomic E-state index is 3.68. The van der Waals surface area contributed by atoms with Crippen LogP contribution in [0.5, 0.6) is 0 Å². The first kappa shape index (κ1) is 13.6. The second kappa shape index (κ2) is 5.85. The normalized spacial score (nSPS) is 24.4. The Bertz CT molecular complexity index is 363. The van der Waals surface area contributed by atoms with Gasteiger partial charge in [0, 0.05) is 18.6 Å². The van der Waals surface area contributed by atoms with Gasteiger partial charge in [0.05, 0.1) is 0 Å². The molecular formula is C16H26N2. The summed E-state index contributed by atoms with van der Waals surface area (Å²) in [5, 5.41) is 3.68. The lowest BCUT2D eigenvalue weighted by molar-refractivity contribution is 0.183. The maximum absolute atomic E-state index is 3.68. The number of piperidine rings is 1. The van der Waals surface area contributed by atoms with Crippen LogP contribution in [0.25, 0.3) is 0 Å². The highest BCUT2D eigenvalue weighted by atomic mass is 15.1. The van der Waals surface area contributed by atoms with Crippen molar-refractivity contribution in [1.82, 2.24) is 10.2 Å². The number of nitrogens with zero attached hydrogens (tertiary/aromatic N) is 1. The van der Waals surface area contributed by atoms with Crippen molar-refractivity contribution >= 4 is 0 Å². The van der Waals surface area contributed by atoms with Gasteiger partial charge in [0.2, 0.25) is 0 Å². The monoisotopic (exact) mass is 246 g/mol. The summed E-state index contributed by atoms with van der Waals surface area (Å²) >= 11 is 0. The Morgan fingerprint density at radius 3 is 2.56 bits per heavy atom. The summed E-state index contributed by atoms with van der Waals surface area (Å²) in [7, 11) is 2.22. The van der Waals surface area contributed by atoms with E-state index in [2.05, 4.69) is 55.4 Å². The lowest BCUT2D eigenvalue weighted by atomic mass is 9.90. The Morgan fingerprint density at radius 2 is 1.94 bits per heavy atom. The highest BCUT2D eigenvalue weighted by Crippen LogP contribution is 2.20. The van der Waals surface area contributed by atoms with Crippen LogP contribution in [0.4, 0.5) is 0 Å². The van der Waals surface area contributed by atoms with E-state index < -0.39 is 0 Å². The third-order valence-corrected chi connectivity index (χ3v) is 3.90. The molecule has 1 N–H and O–H groups in total. The minimum atomic E-state index is 0.303. The molecule has 0 amide bonds. The van der Waals surface area contributed by atoms with Gasteiger partial charge in [-0.15, -0.1) is 0 Å². The van der Waals surface area contributed by atoms with Crippen molar-refractivity contribution in [3.8, 4) is 0 Å². The van der Waals surface area contributed by atoms with E-state index in [1.54, 1.807) is 0 Å². The number of benzene rings is 1. The van der Waals surface area contributed by atoms with Crippen molar-refractivity contribution in [2.45, 2.75) is 45.2 Å². The molecule has 1 aliphatic heterocycles. The fraction of sp³-hybridized carbons (Fsp3) is 0.625. The molecule has 1 unspecified atom stereocenters. The standard InChI is InChI=1S/C16H26N2/c1-14-6-8-15(9-7-14)12-18(3)13-16(2)10-4-5-11-17-16/h6-9,17H,4-5,10-13H2,1-3H3. The number of nitrogens with one attached hydrogen (secondary N) is 1. The molecule has 1 heterocycles. The van der Waals surface area contributed by atoms with Crippen LogP contribution >= 0.6 is 0 Å². The molecule has 0 aliphatic carbocycles. The maximum Gasteiger partial charge on any atom is 0.0280 e. The Kier molecular flexibility index (Phi) is 4.41. The number of likely N-dealkylation sites (N-methyl/N-ethyl adjacent to an activating group) is 1. The molecule has 100 valence electrons. The van der Waals surface area contributed by atoms with E-state index in [9.17, 15) is 0 Å². The molecule has 18 heavy (non-hydrogen) atoms. The first-order chi connectivity index (χ1) is 8.57. The highest BCUT2D eigenvalue weighted by Gasteiger charge is 2.27. The Labute approximate surface area is 111 Å². The predicted octanol–water partition coefficient (Wildman–Crippen LogP) is 2.96. The van der Waals surface area contributed by atoms with Gasteiger partial charge in [0.15, 0.2) is 0 Å². The van der Waals surface area contributed by atoms with Gasteiger partial charge in [0.1, 0.15) is 0 Å². The van der Waals surface area contributed by atoms with Crippen molar-refractivity contribution in [2.75, 3.05) is 20.1 Å². The van der Waals surface area contributed by atoms with Gasteiger partial charge in [-0.25, -0.2) is 0 Å². The zero-order valence-electron chi connectivity index (χ0n) is 12.0. The van der Waals surface area contributed by atoms with Gasteiger partial charge in [0.25, 0.3) is 0 Å². The van der Waals surface area contributed by atoms with E-state index in [4.69, 9.17) is 0 Å². The molecular weight excluding hydrogens is 220 g/mol. The molecule has 1 fully saturated rings. The van der Waals surface area contributed by atoms with E-state index in [1.165, 1.54) is 36.9 Å². The molecule has 1 aromatic carbocycles. The number of hydrogen-bond donors (Lipinski definition) is 1. The largest absolute Gasteiger partial charge is 0.310 e. The Hall–Kier alpha value is -0.860. The highest BCUT2D eigenvalue weighted by molar-refractivity contribution is 5.21. The van der Waals surface area contributed by atoms with Crippen LogP contribution in [0.3, 0.4) is 0 Å². The fourth-order valence-electron chi connectivity index (χ4n) is 2.91. The average molecular weight is 246 g/mol. The zero-order chi connectivity index (χ0) is 13.0. The van der Waals surface area contributed by atoms with Crippen LogP contribution in [-0.4, -0.2) is 30.6 Å². The van der Waals surface area contributed by atoms with Crippen LogP contribution in [0.1, 0.15) is 37.3 Å². The SMILES string of the molecule is Cc1ccc(CN(C)CC2(C)CCCCN2)cc1. The van der Waals surface area contributed by atoms with Gasteiger partial charge in [-0.3, -0.25) is 0 Å². The Balaban J connectivity index is 1.87. The summed E-state index contributed by atoms with van der Waals surface area (Å²) in [6.45, 7) is 7.84. The third kappa shape index (κ3) is 3.82. The van der Waals surface area contributed by atoms with Crippen molar-refractivity contribution in [2.24, 2.45) is 0 Å². The summed E-state index contributed by atoms with van der Waals surface area (Å²) in [6, 6.07) is 8.87. The smallest absolute Gasteiger partial charge is 0.0280 e. The second-order valence-corrected chi connectivity index (χ2v) is 6.10. The molecule has 1 aromatic rings. The first-order valence-corrected chi connectivity index (χ1v) is 7.07. The molecule has 1 aliphatic rings. The summed E-state index contributed by atoms with van der Waals surface area (Å²) in [4.78, 5) is 2.43. The quantitative estimate of drug-likeness (QED) is 0.878. The summed E-state index contributed by atoms with van der Waals surface area (Å²) in [6.07, 6.45) is 3.99. The van der Waals surface area contributed by atoms with Gasteiger partial charge >= 0.3 is 0 Å². The van der Waals surface area contributed by atoms with Crippen molar-refractivity contribution in [3.05, 3.63) is 35.4 Å². The minimum absolute atomic E-state index is 0.303. The van der Waals surface area contributed by atoms with Crippen molar-refractivity contribution in [3.63, 3.8) is 0 Å². The predicted molar refractivity (Wildman–Crippen MR) is 77.8 cm³/mol. The molecule has 1 atom stereocenters. The summed E-state index contributed by atoms with van der Waals surface area (Å²) < 4.78 is 0. The molecule has 2 nitrogen and oxygen atoms in total. The van der Waals surface area contributed by atoms with E-state index in [-0.39, 0.29) is 0 Å². The van der Waals surface area contributed by atoms with Crippen molar-refractivity contribution in [1.29, 1.82) is 0 Å². The van der Waals surface area contributed by atoms with Gasteiger partial charge < -0.3 is 10.2 Å². The molecule has 0 spiro atoms. The van der Waals surface area contributed by atoms with Gasteiger partial charge in [-0.05, 0) is 45.8 Å². The first-order valence-electron chi connectivity index (χ1n) is 7.07. The molecule has 0 bridgehead atoms. The summed E-state index contributed by atoms with van der Waals surface area (Å²) in [5.41, 5.74) is 3.04. The van der Waals surface area contributed by atoms with E-state index >= 15 is 0 Å². The Morgan fingerprint density at radius 1 is 1.22 bits per heavy atom. The van der Waals surface area contributed by atoms with E-state index in [0.717, 1.165) is 13.1 Å². The second-order valence-electron chi connectivity index (χ2n) is 6.10. The average Bonchev–Trinajstić information content (AvgIpc) is 2.32. The lowest BCUT2D eigenvalue weighted by Crippen LogP contribution is -2.52. The molecule has 0 saturated carbocycles. The fourth-order valence-corrected chi connectivity index (χ4v) is 2.91. The summed E-state index contributed by atoms with van der Waals surface area (Å²) in [5.74, 6) is 0. The van der Waals surface area contributed by atoms with Crippen LogP contribution in [0.15, 0.2) is 24.3 Å². The molecule has 0 radical (unpaired) electrons. The lowest BCUT2D eigenvalue weighted by Gasteiger charge is -2.38. The van der Waals surface area contributed by atoms with Gasteiger partial charge in [-0.2, -0.15) is 0 Å². The molecule has 2 heteroatoms. The van der Waals surface area contributed by atoms with Crippen molar-refractivity contribution < 1.29 is 0 Å². The molecule has 0 aromatic heterocycles. The van der Waals surface area contributed by atoms with E-state index in [1.807, 2.05) is 0 Å². The molecule has 1 saturated heterocycles. The van der Waals surface area contributed by atoms with E-state index in [0.29, 0.717) is 5.54 Å². The van der Waals surface area contributed by atoms with Crippen LogP contribution in [-0.2, 0) is 6.54 Å². The molecule has 2 rings (SSSR count). The topological polar surface area (TPSA) is 15.3 Å². The van der Waals surface area contributed by atoms with Gasteiger partial charge in [-0.1, -0.05) is 36.2 Å². The number of aryl methyl sites for hydroxylation is 1. The zero-order valence-corrected chi connectivity index (χ0v) is 12.0. The number of hydrogen-bond acceptors (Lipinski definition) is 2. The minimum Gasteiger partial charge on any atom is -0.310 e. The van der Waals surface area contributed by atoms with Crippen LogP contribution in [0, 0.1) is 6.92 Å². The van der Waals surface area contributed by atoms with Crippen LogP contribution in [0.2, 0.25) is 0 Å². The third-order valence-electron chi connectivity index (χ3n) is 3.90.